The molecule has 0 amide bonds. The molecule has 0 fully saturated rings. The van der Waals surface area contributed by atoms with E-state index in [0.29, 0.717) is 0 Å². The molecule has 0 aliphatic carbocycles. The minimum atomic E-state index is -1.99. The van der Waals surface area contributed by atoms with Crippen LogP contribution in [-0.2, 0) is 54.4 Å². The van der Waals surface area contributed by atoms with Gasteiger partial charge in [-0.2, -0.15) is 0 Å². The van der Waals surface area contributed by atoms with Crippen LogP contribution in [0, 0.1) is 0 Å². The van der Waals surface area contributed by atoms with Crippen LogP contribution in [0.4, 0.5) is 0 Å². The zero-order valence-electron chi connectivity index (χ0n) is 25.5. The van der Waals surface area contributed by atoms with Crippen molar-refractivity contribution < 1.29 is 38.9 Å². The third-order valence-electron chi connectivity index (χ3n) is 4.32. The third kappa shape index (κ3) is 41.2. The predicted molar refractivity (Wildman–Crippen MR) is 207 cm³/mol. The van der Waals surface area contributed by atoms with E-state index in [4.69, 9.17) is 10.2 Å². The summed E-state index contributed by atoms with van der Waals surface area (Å²) in [6.45, 7) is 10.7. The second-order valence-corrected chi connectivity index (χ2v) is 60.5. The molecule has 0 aliphatic heterocycles. The Morgan fingerprint density at radius 1 is 0.739 bits per heavy atom. The molecular weight excluding hydrogens is 1020 g/mol. The van der Waals surface area contributed by atoms with Gasteiger partial charge in [0.2, 0.25) is 0 Å². The van der Waals surface area contributed by atoms with Crippen molar-refractivity contribution in [1.29, 1.82) is 0 Å². The number of esters is 2. The number of ketones is 1. The first-order valence-corrected chi connectivity index (χ1v) is 26.2. The average molecular weight is 1060 g/mol. The zero-order chi connectivity index (χ0) is 36.0. The molecule has 0 aliphatic rings. The number of carboxylic acids is 2. The van der Waals surface area contributed by atoms with E-state index in [1.165, 1.54) is 13.8 Å². The van der Waals surface area contributed by atoms with E-state index in [1.54, 1.807) is 12.1 Å². The Hall–Kier alpha value is -0.840. The van der Waals surface area contributed by atoms with Gasteiger partial charge in [-0.3, -0.25) is 33.8 Å². The number of carbonyl (C=O) groups excluding carboxylic acids is 3. The SMILES string of the molecule is BrP(Br)(Br)(Br)Br.C.CC(=O)OC(C)=O.CCc1cc(=O)cc(CC)[nH]1.CCc1cc(Br)cc(CC)n1.O=C(O)CC(=O)CC(=O)O. The summed E-state index contributed by atoms with van der Waals surface area (Å²) in [4.78, 5) is 68.1. The van der Waals surface area contributed by atoms with Crippen LogP contribution in [0.3, 0.4) is 0 Å². The number of H-pyrrole nitrogens is 1. The molecule has 0 aromatic carbocycles. The quantitative estimate of drug-likeness (QED) is 0.131. The van der Waals surface area contributed by atoms with Gasteiger partial charge in [0.05, 0.1) is 0 Å². The van der Waals surface area contributed by atoms with Gasteiger partial charge in [0.15, 0.2) is 11.2 Å². The van der Waals surface area contributed by atoms with E-state index in [9.17, 15) is 28.8 Å². The first kappa shape index (κ1) is 52.0. The molecule has 3 N–H and O–H groups in total. The minimum absolute atomic E-state index is 0. The van der Waals surface area contributed by atoms with Gasteiger partial charge < -0.3 is 19.9 Å². The van der Waals surface area contributed by atoms with Crippen LogP contribution in [0.1, 0.15) is 84.6 Å². The Kier molecular flexibility index (Phi) is 30.6. The van der Waals surface area contributed by atoms with Crippen LogP contribution < -0.4 is 5.43 Å². The maximum atomic E-state index is 11.0. The van der Waals surface area contributed by atoms with Gasteiger partial charge in [-0.05, 0) is 37.8 Å². The number of nitrogens with one attached hydrogen (secondary N) is 1. The molecule has 0 spiro atoms. The van der Waals surface area contributed by atoms with Gasteiger partial charge in [-0.25, -0.2) is 0 Å². The molecule has 0 bridgehead atoms. The number of carboxylic acid groups (broad SMARTS) is 2. The molecule has 11 nitrogen and oxygen atoms in total. The molecule has 264 valence electrons. The van der Waals surface area contributed by atoms with Crippen molar-refractivity contribution in [2.45, 2.75) is 87.5 Å². The van der Waals surface area contributed by atoms with Gasteiger partial charge in [0.1, 0.15) is 12.8 Å². The average Bonchev–Trinajstić information content (AvgIpc) is 2.85. The predicted octanol–water partition coefficient (Wildman–Crippen LogP) is 9.79. The van der Waals surface area contributed by atoms with Crippen molar-refractivity contribution in [3.8, 4) is 0 Å². The molecule has 46 heavy (non-hydrogen) atoms. The summed E-state index contributed by atoms with van der Waals surface area (Å²) in [5.41, 5.74) is 4.48. The third-order valence-corrected chi connectivity index (χ3v) is 4.78. The molecule has 2 heterocycles. The normalized spacial score (nSPS) is 10.4. The van der Waals surface area contributed by atoms with Crippen LogP contribution in [0.5, 0.6) is 0 Å². The number of hydrogen-bond acceptors (Lipinski definition) is 8. The number of aliphatic carboxylic acids is 2. The summed E-state index contributed by atoms with van der Waals surface area (Å²) in [7, 11) is 0. The topological polar surface area (TPSA) is 181 Å². The molecular formula is C28H41Br6N2O9P. The summed E-state index contributed by atoms with van der Waals surface area (Å²) in [5, 5.41) is 16.0. The Bertz CT molecular complexity index is 1240. The molecule has 0 radical (unpaired) electrons. The van der Waals surface area contributed by atoms with E-state index in [1.807, 2.05) is 13.8 Å². The fourth-order valence-corrected chi connectivity index (χ4v) is 3.15. The molecule has 0 saturated heterocycles. The number of nitrogens with zero attached hydrogens (tertiary/aromatic N) is 1. The molecule has 2 aromatic heterocycles. The van der Waals surface area contributed by atoms with Crippen molar-refractivity contribution in [2.24, 2.45) is 0 Å². The Morgan fingerprint density at radius 2 is 1.07 bits per heavy atom. The number of aryl methyl sites for hydroxylation is 4. The maximum Gasteiger partial charge on any atom is 0.310 e. The van der Waals surface area contributed by atoms with E-state index in [2.05, 4.69) is 134 Å². The molecule has 0 saturated carbocycles. The van der Waals surface area contributed by atoms with Crippen molar-refractivity contribution >= 4 is 123 Å². The maximum absolute atomic E-state index is 11.0. The smallest absolute Gasteiger partial charge is 0.310 e. The summed E-state index contributed by atoms with van der Waals surface area (Å²) in [6.07, 6.45) is 2.36. The van der Waals surface area contributed by atoms with Crippen LogP contribution in [0.15, 0.2) is 33.5 Å². The van der Waals surface area contributed by atoms with Gasteiger partial charge in [-0.1, -0.05) is 51.1 Å². The van der Waals surface area contributed by atoms with Gasteiger partial charge in [-0.15, -0.1) is 0 Å². The summed E-state index contributed by atoms with van der Waals surface area (Å²) >= 11 is 19.8. The van der Waals surface area contributed by atoms with Crippen LogP contribution >= 0.6 is 93.5 Å². The number of aromatic nitrogens is 2. The molecule has 0 unspecified atom stereocenters. The van der Waals surface area contributed by atoms with Crippen molar-refractivity contribution in [1.82, 2.24) is 9.97 Å². The standard InChI is InChI=1S/C9H12BrN.C9H13NO.C5H6O5.C4H6O3.CH4.Br5P/c1-3-8-5-7(10)6-9(4-2)11-8;1-3-7-5-9(11)6-8(4-2)10-7;6-3(1-4(7)8)2-5(9)10;1-3(5)7-4(2)6;;1-6(2,3,4)5/h5-6H,3-4H2,1-2H3;5-6H,3-4H2,1-2H3,(H,10,11);1-2H2,(H,7,8)(H,9,10);1-2H3;1H4;. The van der Waals surface area contributed by atoms with Gasteiger partial charge >= 0.3 is 101 Å². The van der Waals surface area contributed by atoms with E-state index >= 15 is 0 Å². The summed E-state index contributed by atoms with van der Waals surface area (Å²) < 4.78 is 3.12. The van der Waals surface area contributed by atoms with Gasteiger partial charge in [0.25, 0.3) is 0 Å². The summed E-state index contributed by atoms with van der Waals surface area (Å²) in [6, 6.07) is 7.44. The monoisotopic (exact) mass is 1050 g/mol. The number of aromatic amines is 1. The number of carbonyl (C=O) groups is 5. The van der Waals surface area contributed by atoms with Crippen molar-refractivity contribution in [3.63, 3.8) is 0 Å². The Morgan fingerprint density at radius 3 is 1.28 bits per heavy atom. The summed E-state index contributed by atoms with van der Waals surface area (Å²) in [5.74, 6) is -4.52. The number of Topliss-reactive ketones (excluding diaryl/α,β-unsaturated/α-hetero) is 1. The number of rotatable bonds is 8. The Labute approximate surface area is 318 Å². The second-order valence-electron chi connectivity index (χ2n) is 8.45. The number of halogens is 6. The molecule has 18 heteroatoms. The minimum Gasteiger partial charge on any atom is -0.481 e. The van der Waals surface area contributed by atoms with Crippen LogP contribution in [0.2, 0.25) is 0 Å². The fraction of sp³-hybridized carbons (Fsp3) is 0.464. The number of pyridine rings is 2. The largest absolute Gasteiger partial charge is 0.481 e. The van der Waals surface area contributed by atoms with E-state index < -0.39 is 42.6 Å². The number of hydrogen-bond donors (Lipinski definition) is 3. The second kappa shape index (κ2) is 27.0. The Balaban J connectivity index is -0.000000243. The fourth-order valence-electron chi connectivity index (χ4n) is 2.62. The number of ether oxygens (including phenoxy) is 1. The van der Waals surface area contributed by atoms with Gasteiger partial charge in [0, 0.05) is 53.2 Å². The first-order chi connectivity index (χ1) is 20.4. The van der Waals surface area contributed by atoms with Crippen molar-refractivity contribution in [2.75, 3.05) is 0 Å². The van der Waals surface area contributed by atoms with Crippen LogP contribution in [0.25, 0.3) is 0 Å². The molecule has 2 aromatic rings. The molecule has 2 rings (SSSR count). The van der Waals surface area contributed by atoms with E-state index in [-0.39, 0.29) is 12.9 Å². The van der Waals surface area contributed by atoms with Crippen LogP contribution in [-0.4, -0.2) is 49.8 Å². The zero-order valence-corrected chi connectivity index (χ0v) is 35.9. The first-order valence-electron chi connectivity index (χ1n) is 13.0. The van der Waals surface area contributed by atoms with E-state index in [0.717, 1.165) is 52.9 Å². The van der Waals surface area contributed by atoms with Crippen molar-refractivity contribution in [3.05, 3.63) is 61.7 Å². The molecule has 0 atom stereocenters.